The number of carbonyl (C=O) groups excluding carboxylic acids is 1. The molecular formula is C14H22Cl2N2O2. The minimum atomic E-state index is -0.161. The molecule has 0 radical (unpaired) electrons. The van der Waals surface area contributed by atoms with E-state index in [4.69, 9.17) is 22.1 Å². The Kier molecular flexibility index (Phi) is 10.3. The van der Waals surface area contributed by atoms with Gasteiger partial charge in [-0.1, -0.05) is 18.5 Å². The average molecular weight is 321 g/mol. The first-order chi connectivity index (χ1) is 9.19. The third kappa shape index (κ3) is 6.46. The molecule has 0 unspecified atom stereocenters. The molecule has 6 heteroatoms. The van der Waals surface area contributed by atoms with Crippen LogP contribution in [0.1, 0.15) is 36.5 Å². The van der Waals surface area contributed by atoms with Crippen LogP contribution in [-0.4, -0.2) is 25.6 Å². The maximum Gasteiger partial charge on any atom is 0.255 e. The lowest BCUT2D eigenvalue weighted by molar-refractivity contribution is 0.0949. The summed E-state index contributed by atoms with van der Waals surface area (Å²) < 4.78 is 5.55. The summed E-state index contributed by atoms with van der Waals surface area (Å²) in [6, 6.07) is 5.08. The van der Waals surface area contributed by atoms with Gasteiger partial charge >= 0.3 is 0 Å². The van der Waals surface area contributed by atoms with Crippen molar-refractivity contribution in [2.24, 2.45) is 5.73 Å². The zero-order valence-corrected chi connectivity index (χ0v) is 13.2. The lowest BCUT2D eigenvalue weighted by Gasteiger charge is -2.11. The van der Waals surface area contributed by atoms with E-state index in [9.17, 15) is 4.79 Å². The Balaban J connectivity index is 0.00000361. The molecule has 0 fully saturated rings. The number of benzene rings is 1. The molecule has 0 heterocycles. The Morgan fingerprint density at radius 3 is 2.80 bits per heavy atom. The number of rotatable bonds is 8. The molecule has 1 aromatic carbocycles. The van der Waals surface area contributed by atoms with Gasteiger partial charge < -0.3 is 15.8 Å². The van der Waals surface area contributed by atoms with E-state index in [1.165, 1.54) is 0 Å². The average Bonchev–Trinajstić information content (AvgIpc) is 2.42. The fourth-order valence-corrected chi connectivity index (χ4v) is 1.76. The molecule has 0 saturated carbocycles. The Morgan fingerprint density at radius 2 is 2.15 bits per heavy atom. The molecule has 1 aromatic rings. The molecular weight excluding hydrogens is 299 g/mol. The number of ether oxygens (including phenoxy) is 1. The van der Waals surface area contributed by atoms with E-state index < -0.39 is 0 Å². The number of carbonyl (C=O) groups is 1. The molecule has 0 aromatic heterocycles. The van der Waals surface area contributed by atoms with E-state index in [1.807, 2.05) is 6.92 Å². The van der Waals surface area contributed by atoms with E-state index in [0.717, 1.165) is 19.3 Å². The topological polar surface area (TPSA) is 64.3 Å². The first-order valence-electron chi connectivity index (χ1n) is 6.59. The minimum absolute atomic E-state index is 0. The van der Waals surface area contributed by atoms with Gasteiger partial charge in [-0.15, -0.1) is 12.4 Å². The van der Waals surface area contributed by atoms with Crippen molar-refractivity contribution in [1.29, 1.82) is 0 Å². The molecule has 0 saturated heterocycles. The van der Waals surface area contributed by atoms with Crippen molar-refractivity contribution in [2.45, 2.75) is 26.2 Å². The summed E-state index contributed by atoms with van der Waals surface area (Å²) in [5, 5.41) is 3.37. The highest BCUT2D eigenvalue weighted by molar-refractivity contribution is 6.31. The quantitative estimate of drug-likeness (QED) is 0.724. The number of nitrogens with one attached hydrogen (secondary N) is 1. The molecule has 0 aliphatic rings. The SMILES string of the molecule is CCCOc1ccc(Cl)cc1C(=O)NCCCCN.Cl. The fourth-order valence-electron chi connectivity index (χ4n) is 1.58. The van der Waals surface area contributed by atoms with Crippen LogP contribution in [-0.2, 0) is 0 Å². The van der Waals surface area contributed by atoms with Gasteiger partial charge in [0.2, 0.25) is 0 Å². The zero-order valence-electron chi connectivity index (χ0n) is 11.7. The second-order valence-corrected chi connectivity index (χ2v) is 4.68. The van der Waals surface area contributed by atoms with Gasteiger partial charge in [0.05, 0.1) is 12.2 Å². The van der Waals surface area contributed by atoms with Gasteiger partial charge in [0, 0.05) is 11.6 Å². The normalized spacial score (nSPS) is 9.75. The van der Waals surface area contributed by atoms with Crippen LogP contribution in [0.15, 0.2) is 18.2 Å². The van der Waals surface area contributed by atoms with E-state index in [-0.39, 0.29) is 18.3 Å². The van der Waals surface area contributed by atoms with E-state index >= 15 is 0 Å². The lowest BCUT2D eigenvalue weighted by Crippen LogP contribution is -2.25. The molecule has 0 bridgehead atoms. The molecule has 0 aliphatic heterocycles. The van der Waals surface area contributed by atoms with Crippen molar-refractivity contribution in [3.05, 3.63) is 28.8 Å². The number of hydrogen-bond acceptors (Lipinski definition) is 3. The fraction of sp³-hybridized carbons (Fsp3) is 0.500. The molecule has 114 valence electrons. The third-order valence-corrected chi connectivity index (χ3v) is 2.80. The van der Waals surface area contributed by atoms with Crippen LogP contribution in [0.25, 0.3) is 0 Å². The van der Waals surface area contributed by atoms with Gasteiger partial charge in [-0.25, -0.2) is 0 Å². The van der Waals surface area contributed by atoms with Crippen LogP contribution in [0, 0.1) is 0 Å². The summed E-state index contributed by atoms with van der Waals surface area (Å²) in [5.41, 5.74) is 5.89. The van der Waals surface area contributed by atoms with E-state index in [2.05, 4.69) is 5.32 Å². The number of amides is 1. The number of unbranched alkanes of at least 4 members (excludes halogenated alkanes) is 1. The van der Waals surface area contributed by atoms with Crippen LogP contribution in [0.2, 0.25) is 5.02 Å². The maximum atomic E-state index is 12.1. The van der Waals surface area contributed by atoms with E-state index in [1.54, 1.807) is 18.2 Å². The van der Waals surface area contributed by atoms with Crippen LogP contribution in [0.4, 0.5) is 0 Å². The Bertz CT molecular complexity index is 414. The van der Waals surface area contributed by atoms with Gasteiger partial charge in [-0.3, -0.25) is 4.79 Å². The predicted octanol–water partition coefficient (Wildman–Crippen LogP) is 3.02. The van der Waals surface area contributed by atoms with Gasteiger partial charge in [-0.2, -0.15) is 0 Å². The second kappa shape index (κ2) is 10.8. The summed E-state index contributed by atoms with van der Waals surface area (Å²) in [6.45, 7) is 3.84. The summed E-state index contributed by atoms with van der Waals surface area (Å²) in [7, 11) is 0. The summed E-state index contributed by atoms with van der Waals surface area (Å²) in [6.07, 6.45) is 2.66. The van der Waals surface area contributed by atoms with Gasteiger partial charge in [0.15, 0.2) is 0 Å². The molecule has 0 aliphatic carbocycles. The highest BCUT2D eigenvalue weighted by atomic mass is 35.5. The third-order valence-electron chi connectivity index (χ3n) is 2.56. The molecule has 1 rings (SSSR count). The first-order valence-corrected chi connectivity index (χ1v) is 6.97. The molecule has 0 atom stereocenters. The molecule has 4 nitrogen and oxygen atoms in total. The second-order valence-electron chi connectivity index (χ2n) is 4.24. The highest BCUT2D eigenvalue weighted by Crippen LogP contribution is 2.23. The summed E-state index contributed by atoms with van der Waals surface area (Å²) >= 11 is 5.93. The molecule has 0 spiro atoms. The van der Waals surface area contributed by atoms with Gasteiger partial charge in [-0.05, 0) is 44.0 Å². The van der Waals surface area contributed by atoms with Crippen LogP contribution in [0.5, 0.6) is 5.75 Å². The maximum absolute atomic E-state index is 12.1. The van der Waals surface area contributed by atoms with Crippen molar-refractivity contribution in [1.82, 2.24) is 5.32 Å². The standard InChI is InChI=1S/C14H21ClN2O2.ClH/c1-2-9-19-13-6-5-11(15)10-12(13)14(18)17-8-4-3-7-16;/h5-6,10H,2-4,7-9,16H2,1H3,(H,17,18);1H. The number of nitrogens with two attached hydrogens (primary N) is 1. The predicted molar refractivity (Wildman–Crippen MR) is 85.1 cm³/mol. The van der Waals surface area contributed by atoms with Crippen molar-refractivity contribution in [2.75, 3.05) is 19.7 Å². The minimum Gasteiger partial charge on any atom is -0.493 e. The van der Waals surface area contributed by atoms with Crippen LogP contribution in [0.3, 0.4) is 0 Å². The highest BCUT2D eigenvalue weighted by Gasteiger charge is 2.12. The zero-order chi connectivity index (χ0) is 14.1. The van der Waals surface area contributed by atoms with Crippen LogP contribution < -0.4 is 15.8 Å². The van der Waals surface area contributed by atoms with Crippen molar-refractivity contribution >= 4 is 29.9 Å². The largest absolute Gasteiger partial charge is 0.493 e. The Morgan fingerprint density at radius 1 is 1.40 bits per heavy atom. The number of halogens is 2. The van der Waals surface area contributed by atoms with Crippen molar-refractivity contribution < 1.29 is 9.53 Å². The first kappa shape index (κ1) is 19.0. The lowest BCUT2D eigenvalue weighted by atomic mass is 10.2. The Hall–Kier alpha value is -0.970. The van der Waals surface area contributed by atoms with Crippen molar-refractivity contribution in [3.63, 3.8) is 0 Å². The van der Waals surface area contributed by atoms with Gasteiger partial charge in [0.25, 0.3) is 5.91 Å². The number of hydrogen-bond donors (Lipinski definition) is 2. The summed E-state index contributed by atoms with van der Waals surface area (Å²) in [4.78, 5) is 12.1. The molecule has 1 amide bonds. The van der Waals surface area contributed by atoms with Crippen LogP contribution >= 0.6 is 24.0 Å². The molecule has 3 N–H and O–H groups in total. The summed E-state index contributed by atoms with van der Waals surface area (Å²) in [5.74, 6) is 0.410. The van der Waals surface area contributed by atoms with Crippen molar-refractivity contribution in [3.8, 4) is 5.75 Å². The van der Waals surface area contributed by atoms with E-state index in [0.29, 0.717) is 36.0 Å². The Labute approximate surface area is 131 Å². The monoisotopic (exact) mass is 320 g/mol. The smallest absolute Gasteiger partial charge is 0.255 e. The van der Waals surface area contributed by atoms with Gasteiger partial charge in [0.1, 0.15) is 5.75 Å². The molecule has 20 heavy (non-hydrogen) atoms.